The van der Waals surface area contributed by atoms with Gasteiger partial charge in [0.25, 0.3) is 0 Å². The molecule has 2 fully saturated rings. The van der Waals surface area contributed by atoms with E-state index >= 15 is 0 Å². The van der Waals surface area contributed by atoms with Crippen LogP contribution in [0.4, 0.5) is 13.2 Å². The molecule has 2 aliphatic carbocycles. The van der Waals surface area contributed by atoms with Crippen molar-refractivity contribution >= 4 is 0 Å². The molecule has 0 bridgehead atoms. The number of rotatable bonds is 9. The van der Waals surface area contributed by atoms with Crippen LogP contribution in [0.1, 0.15) is 80.9 Å². The Morgan fingerprint density at radius 3 is 2.09 bits per heavy atom. The van der Waals surface area contributed by atoms with Crippen molar-refractivity contribution in [2.75, 3.05) is 13.3 Å². The summed E-state index contributed by atoms with van der Waals surface area (Å²) in [5.74, 6) is 1.20. The quantitative estimate of drug-likeness (QED) is 0.323. The lowest BCUT2D eigenvalue weighted by Gasteiger charge is -2.37. The molecule has 0 spiro atoms. The highest BCUT2D eigenvalue weighted by molar-refractivity contribution is 5.32. The van der Waals surface area contributed by atoms with E-state index in [9.17, 15) is 13.2 Å². The van der Waals surface area contributed by atoms with Crippen LogP contribution in [0, 0.1) is 29.4 Å². The zero-order valence-corrected chi connectivity index (χ0v) is 21.0. The number of halogens is 3. The molecule has 2 saturated carbocycles. The van der Waals surface area contributed by atoms with Gasteiger partial charge in [-0.25, -0.2) is 8.78 Å². The van der Waals surface area contributed by atoms with E-state index in [1.165, 1.54) is 63.0 Å². The van der Waals surface area contributed by atoms with Gasteiger partial charge in [-0.1, -0.05) is 42.5 Å². The average molecular weight is 485 g/mol. The highest BCUT2D eigenvalue weighted by Crippen LogP contribution is 2.44. The van der Waals surface area contributed by atoms with E-state index in [1.54, 1.807) is 19.1 Å². The summed E-state index contributed by atoms with van der Waals surface area (Å²) in [6.07, 6.45) is 15.1. The van der Waals surface area contributed by atoms with E-state index in [-0.39, 0.29) is 12.4 Å². The molecule has 0 N–H and O–H groups in total. The monoisotopic (exact) mass is 484 g/mol. The van der Waals surface area contributed by atoms with Crippen molar-refractivity contribution in [3.05, 3.63) is 76.9 Å². The van der Waals surface area contributed by atoms with Crippen LogP contribution >= 0.6 is 0 Å². The summed E-state index contributed by atoms with van der Waals surface area (Å²) >= 11 is 0. The molecule has 35 heavy (non-hydrogen) atoms. The van der Waals surface area contributed by atoms with Gasteiger partial charge in [0.1, 0.15) is 6.67 Å². The molecule has 0 saturated heterocycles. The first kappa shape index (κ1) is 25.9. The fourth-order valence-corrected chi connectivity index (χ4v) is 6.24. The van der Waals surface area contributed by atoms with Gasteiger partial charge in [-0.15, -0.1) is 0 Å². The molecule has 1 nitrogen and oxygen atoms in total. The van der Waals surface area contributed by atoms with E-state index < -0.39 is 11.6 Å². The lowest BCUT2D eigenvalue weighted by Crippen LogP contribution is -2.25. The lowest BCUT2D eigenvalue weighted by molar-refractivity contribution is 0.171. The third kappa shape index (κ3) is 6.71. The number of aryl methyl sites for hydroxylation is 2. The van der Waals surface area contributed by atoms with Crippen molar-refractivity contribution in [2.45, 2.75) is 77.0 Å². The third-order valence-corrected chi connectivity index (χ3v) is 8.31. The van der Waals surface area contributed by atoms with Gasteiger partial charge in [0, 0.05) is 0 Å². The highest BCUT2D eigenvalue weighted by atomic mass is 19.2. The van der Waals surface area contributed by atoms with Gasteiger partial charge in [-0.05, 0) is 118 Å². The maximum Gasteiger partial charge on any atom is 0.200 e. The van der Waals surface area contributed by atoms with E-state index in [0.29, 0.717) is 36.8 Å². The summed E-state index contributed by atoms with van der Waals surface area (Å²) in [5.41, 5.74) is 2.95. The Morgan fingerprint density at radius 1 is 0.800 bits per heavy atom. The molecule has 190 valence electrons. The van der Waals surface area contributed by atoms with Gasteiger partial charge < -0.3 is 4.74 Å². The second-order valence-corrected chi connectivity index (χ2v) is 10.4. The first-order valence-corrected chi connectivity index (χ1v) is 13.5. The van der Waals surface area contributed by atoms with Gasteiger partial charge in [0.2, 0.25) is 5.82 Å². The van der Waals surface area contributed by atoms with Crippen molar-refractivity contribution in [1.82, 2.24) is 0 Å². The fraction of sp³-hybridized carbons (Fsp3) is 0.548. The Bertz CT molecular complexity index is 952. The molecular weight excluding hydrogens is 445 g/mol. The largest absolute Gasteiger partial charge is 0.491 e. The van der Waals surface area contributed by atoms with Gasteiger partial charge in [0.05, 0.1) is 6.61 Å². The molecule has 2 aromatic rings. The zero-order valence-electron chi connectivity index (χ0n) is 21.0. The normalized spacial score (nSPS) is 25.1. The Morgan fingerprint density at radius 2 is 1.46 bits per heavy atom. The summed E-state index contributed by atoms with van der Waals surface area (Å²) in [4.78, 5) is 0. The summed E-state index contributed by atoms with van der Waals surface area (Å²) in [6, 6.07) is 11.9. The summed E-state index contributed by atoms with van der Waals surface area (Å²) in [5, 5.41) is 0. The van der Waals surface area contributed by atoms with Crippen LogP contribution in [0.3, 0.4) is 0 Å². The zero-order chi connectivity index (χ0) is 24.6. The number of allylic oxidation sites excluding steroid dienone is 2. The molecule has 0 atom stereocenters. The molecule has 4 rings (SSSR count). The van der Waals surface area contributed by atoms with E-state index in [1.807, 2.05) is 0 Å². The third-order valence-electron chi connectivity index (χ3n) is 8.31. The Hall–Kier alpha value is -2.23. The molecule has 2 aliphatic rings. The Balaban J connectivity index is 1.24. The average Bonchev–Trinajstić information content (AvgIpc) is 2.90. The van der Waals surface area contributed by atoms with Crippen molar-refractivity contribution < 1.29 is 17.9 Å². The molecule has 0 unspecified atom stereocenters. The smallest absolute Gasteiger partial charge is 0.200 e. The van der Waals surface area contributed by atoms with Gasteiger partial charge >= 0.3 is 0 Å². The predicted molar refractivity (Wildman–Crippen MR) is 137 cm³/mol. The van der Waals surface area contributed by atoms with Crippen LogP contribution < -0.4 is 4.74 Å². The predicted octanol–water partition coefficient (Wildman–Crippen LogP) is 8.75. The first-order valence-electron chi connectivity index (χ1n) is 13.5. The summed E-state index contributed by atoms with van der Waals surface area (Å²) in [6.45, 7) is 1.72. The van der Waals surface area contributed by atoms with Crippen molar-refractivity contribution in [1.29, 1.82) is 0 Å². The minimum Gasteiger partial charge on any atom is -0.491 e. The molecule has 0 aliphatic heterocycles. The lowest BCUT2D eigenvalue weighted by atomic mass is 9.68. The summed E-state index contributed by atoms with van der Waals surface area (Å²) in [7, 11) is 0. The number of hydrogen-bond donors (Lipinski definition) is 0. The molecule has 0 aromatic heterocycles. The van der Waals surface area contributed by atoms with Crippen LogP contribution in [0.2, 0.25) is 0 Å². The Labute approximate surface area is 208 Å². The molecule has 0 heterocycles. The topological polar surface area (TPSA) is 9.23 Å². The van der Waals surface area contributed by atoms with Gasteiger partial charge in [-0.2, -0.15) is 4.39 Å². The molecular formula is C31H39F3O. The molecule has 0 radical (unpaired) electrons. The maximum absolute atomic E-state index is 14.4. The van der Waals surface area contributed by atoms with Crippen LogP contribution in [0.5, 0.6) is 5.75 Å². The summed E-state index contributed by atoms with van der Waals surface area (Å²) < 4.78 is 46.0. The highest BCUT2D eigenvalue weighted by Gasteiger charge is 2.30. The van der Waals surface area contributed by atoms with E-state index in [0.717, 1.165) is 17.4 Å². The van der Waals surface area contributed by atoms with E-state index in [4.69, 9.17) is 4.74 Å². The first-order chi connectivity index (χ1) is 17.1. The van der Waals surface area contributed by atoms with Crippen LogP contribution in [0.15, 0.2) is 48.6 Å². The Kier molecular flexibility index (Phi) is 9.34. The van der Waals surface area contributed by atoms with Crippen LogP contribution in [-0.4, -0.2) is 13.3 Å². The SMILES string of the molecule is CCOc1ccc(CCc2ccc(C3CCC(C4CCC(/C=C/CF)CC4)CC3)cc2)c(F)c1F. The van der Waals surface area contributed by atoms with Crippen molar-refractivity contribution in [3.63, 3.8) is 0 Å². The molecule has 0 amide bonds. The van der Waals surface area contributed by atoms with Crippen molar-refractivity contribution in [3.8, 4) is 5.75 Å². The van der Waals surface area contributed by atoms with Gasteiger partial charge in [-0.3, -0.25) is 0 Å². The fourth-order valence-electron chi connectivity index (χ4n) is 6.24. The minimum absolute atomic E-state index is 0.0220. The minimum atomic E-state index is -0.892. The standard InChI is InChI=1S/C31H39F3O/c1-2-35-29-20-19-28(30(33)31(29)34)14-9-23-7-12-25(13-8-23)27-17-15-26(16-18-27)24-10-5-22(6-11-24)4-3-21-32/h3-4,7-8,12-13,19-20,22,24,26-27H,2,5-6,9-11,14-18,21H2,1H3/b4-3+. The van der Waals surface area contributed by atoms with Crippen molar-refractivity contribution in [2.24, 2.45) is 17.8 Å². The maximum atomic E-state index is 14.4. The van der Waals surface area contributed by atoms with Gasteiger partial charge in [0.15, 0.2) is 11.6 Å². The molecule has 4 heteroatoms. The number of ether oxygens (including phenoxy) is 1. The van der Waals surface area contributed by atoms with E-state index in [2.05, 4.69) is 30.3 Å². The molecule has 2 aromatic carbocycles. The van der Waals surface area contributed by atoms with Crippen LogP contribution in [-0.2, 0) is 12.8 Å². The second-order valence-electron chi connectivity index (χ2n) is 10.4. The number of hydrogen-bond acceptors (Lipinski definition) is 1. The number of benzene rings is 2. The number of alkyl halides is 1. The second kappa shape index (κ2) is 12.6. The van der Waals surface area contributed by atoms with Crippen LogP contribution in [0.25, 0.3) is 0 Å².